The molecular formula is C9H13NO. The maximum absolute atomic E-state index is 9.73. The first-order valence-electron chi connectivity index (χ1n) is 4.04. The van der Waals surface area contributed by atoms with Crippen LogP contribution in [0.15, 0.2) is 18.3 Å². The van der Waals surface area contributed by atoms with Crippen molar-refractivity contribution in [2.45, 2.75) is 31.9 Å². The van der Waals surface area contributed by atoms with Gasteiger partial charge >= 0.3 is 0 Å². The minimum Gasteiger partial charge on any atom is -0.390 e. The van der Waals surface area contributed by atoms with Crippen LogP contribution in [-0.4, -0.2) is 15.3 Å². The van der Waals surface area contributed by atoms with Crippen LogP contribution in [0.25, 0.3) is 0 Å². The Hall–Kier alpha value is -0.760. The number of aryl methyl sites for hydroxylation is 1. The van der Waals surface area contributed by atoms with Gasteiger partial charge in [0.1, 0.15) is 0 Å². The first kappa shape index (κ1) is 6.92. The van der Waals surface area contributed by atoms with Crippen LogP contribution in [0.2, 0.25) is 0 Å². The van der Waals surface area contributed by atoms with Crippen molar-refractivity contribution >= 4 is 0 Å². The van der Waals surface area contributed by atoms with Gasteiger partial charge in [-0.05, 0) is 25.5 Å². The molecule has 0 amide bonds. The van der Waals surface area contributed by atoms with Crippen molar-refractivity contribution < 1.29 is 5.11 Å². The summed E-state index contributed by atoms with van der Waals surface area (Å²) < 4.78 is 2.21. The lowest BCUT2D eigenvalue weighted by atomic mass is 9.93. The summed E-state index contributed by atoms with van der Waals surface area (Å²) in [5.74, 6) is 0. The first-order chi connectivity index (χ1) is 5.17. The minimum atomic E-state index is -0.478. The molecule has 1 N–H and O–H groups in total. The average molecular weight is 151 g/mol. The van der Waals surface area contributed by atoms with Gasteiger partial charge in [0.05, 0.1) is 5.60 Å². The van der Waals surface area contributed by atoms with Crippen molar-refractivity contribution in [1.29, 1.82) is 0 Å². The van der Waals surface area contributed by atoms with E-state index in [-0.39, 0.29) is 0 Å². The zero-order chi connectivity index (χ0) is 7.90. The molecule has 1 aliphatic heterocycles. The van der Waals surface area contributed by atoms with Crippen molar-refractivity contribution in [3.63, 3.8) is 0 Å². The molecule has 1 atom stereocenters. The Bertz CT molecular complexity index is 262. The fourth-order valence-corrected chi connectivity index (χ4v) is 1.67. The van der Waals surface area contributed by atoms with E-state index in [0.717, 1.165) is 19.4 Å². The monoisotopic (exact) mass is 151 g/mol. The van der Waals surface area contributed by atoms with Crippen LogP contribution in [0.5, 0.6) is 0 Å². The molecule has 1 unspecified atom stereocenters. The van der Waals surface area contributed by atoms with E-state index >= 15 is 0 Å². The Morgan fingerprint density at radius 1 is 1.64 bits per heavy atom. The van der Waals surface area contributed by atoms with Crippen LogP contribution in [0.1, 0.15) is 19.0 Å². The molecule has 2 rings (SSSR count). The molecule has 1 aromatic rings. The molecule has 11 heavy (non-hydrogen) atoms. The van der Waals surface area contributed by atoms with E-state index in [1.165, 1.54) is 5.69 Å². The summed E-state index contributed by atoms with van der Waals surface area (Å²) in [5, 5.41) is 9.73. The third kappa shape index (κ3) is 1.18. The third-order valence-electron chi connectivity index (χ3n) is 2.38. The summed E-state index contributed by atoms with van der Waals surface area (Å²) in [6.07, 6.45) is 3.74. The highest BCUT2D eigenvalue weighted by molar-refractivity contribution is 5.12. The molecule has 0 radical (unpaired) electrons. The number of aromatic nitrogens is 1. The molecule has 0 saturated carbocycles. The molecule has 2 heteroatoms. The normalized spacial score (nSPS) is 30.0. The topological polar surface area (TPSA) is 25.2 Å². The molecular weight excluding hydrogens is 138 g/mol. The first-order valence-corrected chi connectivity index (χ1v) is 4.04. The Morgan fingerprint density at radius 3 is 3.27 bits per heavy atom. The second-order valence-corrected chi connectivity index (χ2v) is 3.62. The number of nitrogens with zero attached hydrogens (tertiary/aromatic N) is 1. The number of rotatable bonds is 0. The molecule has 0 aromatic carbocycles. The van der Waals surface area contributed by atoms with Crippen molar-refractivity contribution in [1.82, 2.24) is 4.57 Å². The van der Waals surface area contributed by atoms with E-state index < -0.39 is 5.60 Å². The summed E-state index contributed by atoms with van der Waals surface area (Å²) in [7, 11) is 0. The molecule has 0 spiro atoms. The van der Waals surface area contributed by atoms with Gasteiger partial charge in [-0.25, -0.2) is 0 Å². The van der Waals surface area contributed by atoms with E-state index in [9.17, 15) is 5.11 Å². The average Bonchev–Trinajstić information content (AvgIpc) is 2.31. The van der Waals surface area contributed by atoms with Gasteiger partial charge in [-0.15, -0.1) is 0 Å². The highest BCUT2D eigenvalue weighted by Gasteiger charge is 2.26. The Balaban J connectivity index is 2.32. The van der Waals surface area contributed by atoms with Crippen LogP contribution in [0, 0.1) is 0 Å². The van der Waals surface area contributed by atoms with Gasteiger partial charge in [-0.3, -0.25) is 0 Å². The number of fused-ring (bicyclic) bond motifs is 1. The van der Waals surface area contributed by atoms with Gasteiger partial charge in [0, 0.05) is 24.9 Å². The lowest BCUT2D eigenvalue weighted by Crippen LogP contribution is -2.34. The number of hydrogen-bond donors (Lipinski definition) is 1. The van der Waals surface area contributed by atoms with Crippen molar-refractivity contribution in [2.75, 3.05) is 0 Å². The molecule has 1 aliphatic rings. The molecule has 0 aliphatic carbocycles. The zero-order valence-electron chi connectivity index (χ0n) is 6.75. The third-order valence-corrected chi connectivity index (χ3v) is 2.38. The molecule has 0 bridgehead atoms. The second-order valence-electron chi connectivity index (χ2n) is 3.62. The van der Waals surface area contributed by atoms with Gasteiger partial charge in [0.2, 0.25) is 0 Å². The van der Waals surface area contributed by atoms with Crippen LogP contribution >= 0.6 is 0 Å². The SMILES string of the molecule is CC1(O)CCn2cccc2C1. The van der Waals surface area contributed by atoms with Crippen molar-refractivity contribution in [3.8, 4) is 0 Å². The molecule has 60 valence electrons. The van der Waals surface area contributed by atoms with Crippen molar-refractivity contribution in [2.24, 2.45) is 0 Å². The van der Waals surface area contributed by atoms with Crippen LogP contribution in [0.4, 0.5) is 0 Å². The molecule has 2 heterocycles. The summed E-state index contributed by atoms with van der Waals surface area (Å²) in [6.45, 7) is 2.86. The van der Waals surface area contributed by atoms with E-state index in [4.69, 9.17) is 0 Å². The molecule has 0 fully saturated rings. The lowest BCUT2D eigenvalue weighted by molar-refractivity contribution is 0.0343. The summed E-state index contributed by atoms with van der Waals surface area (Å²) in [4.78, 5) is 0. The van der Waals surface area contributed by atoms with Crippen molar-refractivity contribution in [3.05, 3.63) is 24.0 Å². The fourth-order valence-electron chi connectivity index (χ4n) is 1.67. The van der Waals surface area contributed by atoms with Crippen LogP contribution in [-0.2, 0) is 13.0 Å². The number of hydrogen-bond acceptors (Lipinski definition) is 1. The van der Waals surface area contributed by atoms with Gasteiger partial charge < -0.3 is 9.67 Å². The highest BCUT2D eigenvalue weighted by Crippen LogP contribution is 2.23. The summed E-state index contributed by atoms with van der Waals surface area (Å²) in [5.41, 5.74) is 0.773. The minimum absolute atomic E-state index is 0.478. The fraction of sp³-hybridized carbons (Fsp3) is 0.556. The second kappa shape index (κ2) is 2.11. The highest BCUT2D eigenvalue weighted by atomic mass is 16.3. The van der Waals surface area contributed by atoms with Gasteiger partial charge in [-0.1, -0.05) is 0 Å². The standard InChI is InChI=1S/C9H13NO/c1-9(11)4-6-10-5-2-3-8(10)7-9/h2-3,5,11H,4,6-7H2,1H3. The van der Waals surface area contributed by atoms with Crippen LogP contribution < -0.4 is 0 Å². The number of aliphatic hydroxyl groups is 1. The predicted molar refractivity (Wildman–Crippen MR) is 43.4 cm³/mol. The Morgan fingerprint density at radius 2 is 2.45 bits per heavy atom. The Labute approximate surface area is 66.5 Å². The summed E-state index contributed by atoms with van der Waals surface area (Å²) in [6, 6.07) is 4.12. The van der Waals surface area contributed by atoms with E-state index in [0.29, 0.717) is 0 Å². The zero-order valence-corrected chi connectivity index (χ0v) is 6.75. The van der Waals surface area contributed by atoms with E-state index in [2.05, 4.69) is 16.8 Å². The molecule has 2 nitrogen and oxygen atoms in total. The lowest BCUT2D eigenvalue weighted by Gasteiger charge is -2.29. The quantitative estimate of drug-likeness (QED) is 0.592. The Kier molecular flexibility index (Phi) is 1.33. The predicted octanol–water partition coefficient (Wildman–Crippen LogP) is 1.19. The maximum atomic E-state index is 9.73. The van der Waals surface area contributed by atoms with Crippen LogP contribution in [0.3, 0.4) is 0 Å². The molecule has 0 saturated heterocycles. The van der Waals surface area contributed by atoms with Gasteiger partial charge in [-0.2, -0.15) is 0 Å². The van der Waals surface area contributed by atoms with E-state index in [1.807, 2.05) is 13.0 Å². The molecule has 1 aromatic heterocycles. The summed E-state index contributed by atoms with van der Waals surface area (Å²) >= 11 is 0. The van der Waals surface area contributed by atoms with E-state index in [1.54, 1.807) is 0 Å². The maximum Gasteiger partial charge on any atom is 0.0691 e. The van der Waals surface area contributed by atoms with Gasteiger partial charge in [0.25, 0.3) is 0 Å². The largest absolute Gasteiger partial charge is 0.390 e. The van der Waals surface area contributed by atoms with Gasteiger partial charge in [0.15, 0.2) is 0 Å². The smallest absolute Gasteiger partial charge is 0.0691 e.